The van der Waals surface area contributed by atoms with Crippen LogP contribution < -0.4 is 21.7 Å². The molecular formula is C18H24N4O5. The second kappa shape index (κ2) is 9.15. The number of benzene rings is 1. The molecular weight excluding hydrogens is 352 g/mol. The molecule has 27 heavy (non-hydrogen) atoms. The maximum absolute atomic E-state index is 12.1. The quantitative estimate of drug-likeness (QED) is 0.396. The van der Waals surface area contributed by atoms with E-state index >= 15 is 0 Å². The summed E-state index contributed by atoms with van der Waals surface area (Å²) in [6.45, 7) is 1.99. The molecule has 0 spiro atoms. The van der Waals surface area contributed by atoms with Gasteiger partial charge in [0.2, 0.25) is 11.8 Å². The van der Waals surface area contributed by atoms with Crippen molar-refractivity contribution >= 4 is 23.5 Å². The van der Waals surface area contributed by atoms with E-state index in [0.29, 0.717) is 5.69 Å². The Morgan fingerprint density at radius 3 is 2.48 bits per heavy atom. The number of aliphatic hydroxyl groups excluding tert-OH is 2. The Morgan fingerprint density at radius 1 is 1.19 bits per heavy atom. The summed E-state index contributed by atoms with van der Waals surface area (Å²) in [5.74, 6) is -1.04. The minimum Gasteiger partial charge on any atom is -0.390 e. The number of rotatable bonds is 6. The van der Waals surface area contributed by atoms with Crippen LogP contribution in [0.2, 0.25) is 0 Å². The summed E-state index contributed by atoms with van der Waals surface area (Å²) in [4.78, 5) is 35.0. The van der Waals surface area contributed by atoms with Crippen LogP contribution in [0.4, 0.5) is 10.5 Å². The Morgan fingerprint density at radius 2 is 1.85 bits per heavy atom. The van der Waals surface area contributed by atoms with Crippen LogP contribution in [0.5, 0.6) is 0 Å². The van der Waals surface area contributed by atoms with E-state index < -0.39 is 36.1 Å². The number of aryl methyl sites for hydroxylation is 1. The van der Waals surface area contributed by atoms with Gasteiger partial charge in [-0.3, -0.25) is 9.59 Å². The van der Waals surface area contributed by atoms with Gasteiger partial charge < -0.3 is 31.9 Å². The van der Waals surface area contributed by atoms with E-state index in [1.165, 1.54) is 6.08 Å². The van der Waals surface area contributed by atoms with Crippen molar-refractivity contribution in [1.82, 2.24) is 10.6 Å². The van der Waals surface area contributed by atoms with Crippen LogP contribution in [0, 0.1) is 6.92 Å². The first-order valence-corrected chi connectivity index (χ1v) is 8.54. The van der Waals surface area contributed by atoms with E-state index in [9.17, 15) is 24.6 Å². The highest BCUT2D eigenvalue weighted by molar-refractivity contribution is 5.94. The van der Waals surface area contributed by atoms with Crippen LogP contribution in [0.15, 0.2) is 35.9 Å². The van der Waals surface area contributed by atoms with Crippen molar-refractivity contribution in [3.8, 4) is 0 Å². The zero-order valence-electron chi connectivity index (χ0n) is 14.9. The molecule has 0 bridgehead atoms. The molecule has 146 valence electrons. The molecule has 3 atom stereocenters. The van der Waals surface area contributed by atoms with E-state index in [0.717, 1.165) is 5.56 Å². The molecule has 9 heteroatoms. The second-order valence-electron chi connectivity index (χ2n) is 6.42. The molecule has 2 rings (SSSR count). The summed E-state index contributed by atoms with van der Waals surface area (Å²) in [5, 5.41) is 27.8. The maximum Gasteiger partial charge on any atom is 0.319 e. The summed E-state index contributed by atoms with van der Waals surface area (Å²) >= 11 is 0. The largest absolute Gasteiger partial charge is 0.390 e. The van der Waals surface area contributed by atoms with Crippen LogP contribution in [0.3, 0.4) is 0 Å². The number of anilines is 1. The number of nitrogens with one attached hydrogen (secondary N) is 3. The van der Waals surface area contributed by atoms with E-state index in [1.54, 1.807) is 12.1 Å². The van der Waals surface area contributed by atoms with Crippen LogP contribution in [0.1, 0.15) is 18.4 Å². The number of urea groups is 1. The molecule has 7 N–H and O–H groups in total. The molecule has 0 radical (unpaired) electrons. The van der Waals surface area contributed by atoms with Gasteiger partial charge >= 0.3 is 6.03 Å². The molecule has 1 aromatic rings. The van der Waals surface area contributed by atoms with Gasteiger partial charge in [-0.25, -0.2) is 4.79 Å². The van der Waals surface area contributed by atoms with Crippen molar-refractivity contribution in [1.29, 1.82) is 0 Å². The summed E-state index contributed by atoms with van der Waals surface area (Å²) in [7, 11) is 0. The Bertz CT molecular complexity index is 732. The lowest BCUT2D eigenvalue weighted by atomic mass is 9.90. The first-order valence-electron chi connectivity index (χ1n) is 8.54. The van der Waals surface area contributed by atoms with Gasteiger partial charge in [0, 0.05) is 30.6 Å². The molecule has 0 aliphatic heterocycles. The molecule has 1 aliphatic rings. The SMILES string of the molecule is Cc1ccc(NC(=O)N[C@@H]2C=C(C(=O)NCCC(N)=O)C[C@@H](O)[C@@H]2O)cc1. The van der Waals surface area contributed by atoms with E-state index in [-0.39, 0.29) is 25.0 Å². The second-order valence-corrected chi connectivity index (χ2v) is 6.42. The average Bonchev–Trinajstić information content (AvgIpc) is 2.60. The number of aliphatic hydroxyl groups is 2. The fourth-order valence-corrected chi connectivity index (χ4v) is 2.63. The summed E-state index contributed by atoms with van der Waals surface area (Å²) < 4.78 is 0. The predicted molar refractivity (Wildman–Crippen MR) is 98.7 cm³/mol. The lowest BCUT2D eigenvalue weighted by Gasteiger charge is -2.31. The van der Waals surface area contributed by atoms with Crippen molar-refractivity contribution in [2.75, 3.05) is 11.9 Å². The minimum absolute atomic E-state index is 0.00909. The van der Waals surface area contributed by atoms with Crippen molar-refractivity contribution in [3.63, 3.8) is 0 Å². The number of carbonyl (C=O) groups is 3. The van der Waals surface area contributed by atoms with Crippen LogP contribution in [-0.2, 0) is 9.59 Å². The van der Waals surface area contributed by atoms with Gasteiger partial charge in [-0.2, -0.15) is 0 Å². The van der Waals surface area contributed by atoms with Gasteiger partial charge in [0.25, 0.3) is 0 Å². The Labute approximate surface area is 156 Å². The zero-order valence-corrected chi connectivity index (χ0v) is 14.9. The number of hydrogen-bond acceptors (Lipinski definition) is 5. The number of nitrogens with two attached hydrogens (primary N) is 1. The van der Waals surface area contributed by atoms with E-state index in [4.69, 9.17) is 5.73 Å². The predicted octanol–water partition coefficient (Wildman–Crippen LogP) is -0.471. The molecule has 1 aliphatic carbocycles. The summed E-state index contributed by atoms with van der Waals surface area (Å²) in [6.07, 6.45) is -1.15. The van der Waals surface area contributed by atoms with Crippen LogP contribution >= 0.6 is 0 Å². The summed E-state index contributed by atoms with van der Waals surface area (Å²) in [5.41, 5.74) is 6.83. The topological polar surface area (TPSA) is 154 Å². The molecule has 0 saturated carbocycles. The first kappa shape index (κ1) is 20.4. The van der Waals surface area contributed by atoms with E-state index in [2.05, 4.69) is 16.0 Å². The molecule has 4 amide bonds. The van der Waals surface area contributed by atoms with Crippen molar-refractivity contribution in [2.24, 2.45) is 5.73 Å². The lowest BCUT2D eigenvalue weighted by Crippen LogP contribution is -2.52. The van der Waals surface area contributed by atoms with Crippen LogP contribution in [0.25, 0.3) is 0 Å². The van der Waals surface area contributed by atoms with Gasteiger partial charge in [-0.15, -0.1) is 0 Å². The molecule has 0 heterocycles. The highest BCUT2D eigenvalue weighted by atomic mass is 16.3. The fourth-order valence-electron chi connectivity index (χ4n) is 2.63. The van der Waals surface area contributed by atoms with Gasteiger partial charge in [0.15, 0.2) is 0 Å². The van der Waals surface area contributed by atoms with Crippen molar-refractivity contribution < 1.29 is 24.6 Å². The van der Waals surface area contributed by atoms with Gasteiger partial charge in [0.1, 0.15) is 6.10 Å². The third kappa shape index (κ3) is 6.08. The number of amides is 4. The normalized spacial score (nSPS) is 21.7. The van der Waals surface area contributed by atoms with Crippen molar-refractivity contribution in [3.05, 3.63) is 41.5 Å². The van der Waals surface area contributed by atoms with Crippen molar-refractivity contribution in [2.45, 2.75) is 38.0 Å². The van der Waals surface area contributed by atoms with Gasteiger partial charge in [-0.05, 0) is 19.1 Å². The first-order chi connectivity index (χ1) is 12.8. The zero-order chi connectivity index (χ0) is 20.0. The number of hydrogen-bond donors (Lipinski definition) is 6. The molecule has 1 aromatic carbocycles. The standard InChI is InChI=1S/C18H24N4O5/c1-10-2-4-12(5-3-10)21-18(27)22-13-8-11(9-14(23)16(13)25)17(26)20-7-6-15(19)24/h2-5,8,13-14,16,23,25H,6-7,9H2,1H3,(H2,19,24)(H,20,26)(H2,21,22,27)/t13-,14-,16-/m1/s1. The van der Waals surface area contributed by atoms with Gasteiger partial charge in [-0.1, -0.05) is 23.8 Å². The van der Waals surface area contributed by atoms with E-state index in [1.807, 2.05) is 19.1 Å². The molecule has 9 nitrogen and oxygen atoms in total. The summed E-state index contributed by atoms with van der Waals surface area (Å²) in [6, 6.07) is 5.60. The Kier molecular flexibility index (Phi) is 6.91. The van der Waals surface area contributed by atoms with Gasteiger partial charge in [0.05, 0.1) is 12.1 Å². The number of primary amides is 1. The third-order valence-corrected chi connectivity index (χ3v) is 4.13. The monoisotopic (exact) mass is 376 g/mol. The maximum atomic E-state index is 12.1. The Balaban J connectivity index is 1.99. The lowest BCUT2D eigenvalue weighted by molar-refractivity contribution is -0.119. The molecule has 0 saturated heterocycles. The average molecular weight is 376 g/mol. The number of carbonyl (C=O) groups excluding carboxylic acids is 3. The van der Waals surface area contributed by atoms with Crippen LogP contribution in [-0.4, -0.2) is 52.9 Å². The smallest absolute Gasteiger partial charge is 0.319 e. The molecule has 0 aromatic heterocycles. The molecule has 0 unspecified atom stereocenters. The highest BCUT2D eigenvalue weighted by Crippen LogP contribution is 2.20. The fraction of sp³-hybridized carbons (Fsp3) is 0.389. The Hall–Kier alpha value is -2.91. The highest BCUT2D eigenvalue weighted by Gasteiger charge is 2.33. The molecule has 0 fully saturated rings. The minimum atomic E-state index is -1.25. The third-order valence-electron chi connectivity index (χ3n) is 4.13.